The van der Waals surface area contributed by atoms with Crippen LogP contribution in [0.25, 0.3) is 11.0 Å². The maximum absolute atomic E-state index is 12.4. The van der Waals surface area contributed by atoms with Crippen molar-refractivity contribution in [1.82, 2.24) is 0 Å². The van der Waals surface area contributed by atoms with E-state index >= 15 is 0 Å². The summed E-state index contributed by atoms with van der Waals surface area (Å²) in [6.45, 7) is 8.95. The van der Waals surface area contributed by atoms with E-state index in [-0.39, 0.29) is 28.6 Å². The molecule has 27 heavy (non-hydrogen) atoms. The molecule has 144 valence electrons. The Morgan fingerprint density at radius 1 is 1.41 bits per heavy atom. The quantitative estimate of drug-likeness (QED) is 0.654. The molecule has 0 bridgehead atoms. The van der Waals surface area contributed by atoms with Gasteiger partial charge in [0.15, 0.2) is 5.43 Å². The van der Waals surface area contributed by atoms with Crippen LogP contribution in [0.4, 0.5) is 0 Å². The third-order valence-electron chi connectivity index (χ3n) is 5.00. The highest BCUT2D eigenvalue weighted by atomic mass is 16.6. The highest BCUT2D eigenvalue weighted by Gasteiger charge is 2.41. The fraction of sp³-hybridized carbons (Fsp3) is 0.429. The first-order valence-corrected chi connectivity index (χ1v) is 9.02. The van der Waals surface area contributed by atoms with Gasteiger partial charge in [0, 0.05) is 36.1 Å². The molecule has 1 N–H and O–H groups in total. The fourth-order valence-corrected chi connectivity index (χ4v) is 3.14. The Balaban J connectivity index is 2.09. The van der Waals surface area contributed by atoms with E-state index in [1.807, 2.05) is 20.8 Å². The molecule has 1 aliphatic heterocycles. The van der Waals surface area contributed by atoms with Gasteiger partial charge in [0.05, 0.1) is 0 Å². The summed E-state index contributed by atoms with van der Waals surface area (Å²) in [6, 6.07) is 3.01. The Hall–Kier alpha value is -2.76. The number of aromatic hydroxyl groups is 1. The van der Waals surface area contributed by atoms with Crippen LogP contribution in [-0.4, -0.2) is 22.8 Å². The predicted molar refractivity (Wildman–Crippen MR) is 101 cm³/mol. The van der Waals surface area contributed by atoms with E-state index < -0.39 is 17.7 Å². The number of carbonyl (C=O) groups excluding carboxylic acids is 1. The minimum absolute atomic E-state index is 0.115. The van der Waals surface area contributed by atoms with E-state index in [0.717, 1.165) is 0 Å². The van der Waals surface area contributed by atoms with Gasteiger partial charge in [-0.3, -0.25) is 4.79 Å². The topological polar surface area (TPSA) is 86.0 Å². The lowest BCUT2D eigenvalue weighted by molar-refractivity contribution is -0.156. The van der Waals surface area contributed by atoms with Gasteiger partial charge < -0.3 is 19.0 Å². The number of ether oxygens (including phenoxy) is 2. The van der Waals surface area contributed by atoms with Crippen LogP contribution in [0.2, 0.25) is 0 Å². The number of allylic oxidation sites excluding steroid dienone is 1. The molecule has 1 atom stereocenters. The molecule has 0 saturated carbocycles. The molecule has 0 amide bonds. The predicted octanol–water partition coefficient (Wildman–Crippen LogP) is 3.65. The molecule has 0 fully saturated rings. The molecular formula is C21H24O6. The third-order valence-corrected chi connectivity index (χ3v) is 5.00. The van der Waals surface area contributed by atoms with Crippen molar-refractivity contribution >= 4 is 16.9 Å². The van der Waals surface area contributed by atoms with Gasteiger partial charge in [-0.25, -0.2) is 4.79 Å². The molecule has 6 nitrogen and oxygen atoms in total. The van der Waals surface area contributed by atoms with Crippen LogP contribution in [-0.2, 0) is 22.4 Å². The number of hydrogen-bond acceptors (Lipinski definition) is 6. The monoisotopic (exact) mass is 372 g/mol. The number of phenols is 1. The van der Waals surface area contributed by atoms with E-state index in [4.69, 9.17) is 13.9 Å². The zero-order valence-electron chi connectivity index (χ0n) is 16.2. The van der Waals surface area contributed by atoms with Gasteiger partial charge in [-0.1, -0.05) is 13.0 Å². The second kappa shape index (κ2) is 6.76. The fourth-order valence-electron chi connectivity index (χ4n) is 3.14. The Labute approximate surface area is 157 Å². The molecule has 1 aromatic heterocycles. The first-order chi connectivity index (χ1) is 12.7. The van der Waals surface area contributed by atoms with E-state index in [2.05, 4.69) is 0 Å². The lowest BCUT2D eigenvalue weighted by Gasteiger charge is -2.39. The summed E-state index contributed by atoms with van der Waals surface area (Å²) in [7, 11) is 0. The zero-order valence-corrected chi connectivity index (χ0v) is 16.2. The number of carbonyl (C=O) groups is 1. The number of aryl methyl sites for hydroxylation is 1. The average molecular weight is 372 g/mol. The summed E-state index contributed by atoms with van der Waals surface area (Å²) in [5.74, 6) is 0.347. The molecule has 0 unspecified atom stereocenters. The van der Waals surface area contributed by atoms with Crippen molar-refractivity contribution < 1.29 is 23.8 Å². The standard InChI is InChI=1S/C21H24O6/c1-6-11(3)20(24)26-17-9-13-15(27-21(17,4)5)10-16-18(19(13)23)14(22)8-12(7-2)25-16/h6,8,10,17,23H,7,9H2,1-5H3/b11-6-/t17-/m0/s1. The smallest absolute Gasteiger partial charge is 0.333 e. The van der Waals surface area contributed by atoms with Gasteiger partial charge >= 0.3 is 5.97 Å². The van der Waals surface area contributed by atoms with Crippen LogP contribution in [0.5, 0.6) is 11.5 Å². The molecule has 1 aromatic carbocycles. The molecule has 0 spiro atoms. The van der Waals surface area contributed by atoms with Crippen molar-refractivity contribution in [2.45, 2.75) is 59.2 Å². The highest BCUT2D eigenvalue weighted by Crippen LogP contribution is 2.42. The number of phenolic OH excluding ortho intramolecular Hbond substituents is 1. The number of fused-ring (bicyclic) bond motifs is 2. The maximum atomic E-state index is 12.4. The van der Waals surface area contributed by atoms with Crippen molar-refractivity contribution in [1.29, 1.82) is 0 Å². The van der Waals surface area contributed by atoms with E-state index in [9.17, 15) is 14.7 Å². The van der Waals surface area contributed by atoms with Crippen LogP contribution in [0.15, 0.2) is 33.0 Å². The van der Waals surface area contributed by atoms with Crippen molar-refractivity contribution in [3.05, 3.63) is 45.3 Å². The SMILES string of the molecule is C/C=C(/C)C(=O)O[C@H]1Cc2c(cc3oc(CC)cc(=O)c3c2O)OC1(C)C. The maximum Gasteiger partial charge on any atom is 0.333 e. The van der Waals surface area contributed by atoms with Crippen molar-refractivity contribution in [2.75, 3.05) is 0 Å². The zero-order chi connectivity index (χ0) is 19.9. The van der Waals surface area contributed by atoms with Crippen molar-refractivity contribution in [3.8, 4) is 11.5 Å². The molecule has 0 saturated heterocycles. The summed E-state index contributed by atoms with van der Waals surface area (Å²) in [6.07, 6.45) is 1.87. The highest BCUT2D eigenvalue weighted by molar-refractivity contribution is 5.88. The minimum Gasteiger partial charge on any atom is -0.507 e. The molecule has 0 aliphatic carbocycles. The van der Waals surface area contributed by atoms with Crippen LogP contribution in [0.1, 0.15) is 45.9 Å². The minimum atomic E-state index is -0.806. The summed E-state index contributed by atoms with van der Waals surface area (Å²) in [5.41, 5.74) is 0.101. The van der Waals surface area contributed by atoms with Crippen LogP contribution < -0.4 is 10.2 Å². The van der Waals surface area contributed by atoms with Crippen molar-refractivity contribution in [3.63, 3.8) is 0 Å². The summed E-state index contributed by atoms with van der Waals surface area (Å²) < 4.78 is 17.3. The second-order valence-corrected chi connectivity index (χ2v) is 7.28. The van der Waals surface area contributed by atoms with Crippen molar-refractivity contribution in [2.24, 2.45) is 0 Å². The summed E-state index contributed by atoms with van der Waals surface area (Å²) in [4.78, 5) is 24.6. The normalized spacial score (nSPS) is 18.7. The van der Waals surface area contributed by atoms with Crippen LogP contribution >= 0.6 is 0 Å². The van der Waals surface area contributed by atoms with Gasteiger partial charge in [-0.05, 0) is 27.7 Å². The lowest BCUT2D eigenvalue weighted by atomic mass is 9.89. The summed E-state index contributed by atoms with van der Waals surface area (Å²) in [5, 5.41) is 10.8. The first-order valence-electron chi connectivity index (χ1n) is 9.02. The Morgan fingerprint density at radius 3 is 2.74 bits per heavy atom. The molecular weight excluding hydrogens is 348 g/mol. The molecule has 6 heteroatoms. The largest absolute Gasteiger partial charge is 0.507 e. The Bertz CT molecular complexity index is 996. The lowest BCUT2D eigenvalue weighted by Crippen LogP contribution is -2.49. The number of esters is 1. The van der Waals surface area contributed by atoms with E-state index in [1.165, 1.54) is 6.07 Å². The Morgan fingerprint density at radius 2 is 2.11 bits per heavy atom. The molecule has 0 radical (unpaired) electrons. The van der Waals surface area contributed by atoms with Gasteiger partial charge in [0.1, 0.15) is 39.9 Å². The molecule has 2 aromatic rings. The molecule has 3 rings (SSSR count). The van der Waals surface area contributed by atoms with E-state index in [0.29, 0.717) is 29.1 Å². The molecule has 1 aliphatic rings. The third kappa shape index (κ3) is 3.31. The first kappa shape index (κ1) is 19.0. The van der Waals surface area contributed by atoms with Crippen LogP contribution in [0, 0.1) is 0 Å². The van der Waals surface area contributed by atoms with Gasteiger partial charge in [-0.2, -0.15) is 0 Å². The Kier molecular flexibility index (Phi) is 4.76. The number of hydrogen-bond donors (Lipinski definition) is 1. The van der Waals surface area contributed by atoms with E-state index in [1.54, 1.807) is 26.0 Å². The summed E-state index contributed by atoms with van der Waals surface area (Å²) >= 11 is 0. The van der Waals surface area contributed by atoms with Gasteiger partial charge in [0.25, 0.3) is 0 Å². The molecule has 2 heterocycles. The average Bonchev–Trinajstić information content (AvgIpc) is 2.61. The van der Waals surface area contributed by atoms with Gasteiger partial charge in [0.2, 0.25) is 0 Å². The van der Waals surface area contributed by atoms with Gasteiger partial charge in [-0.15, -0.1) is 0 Å². The number of rotatable bonds is 3. The number of benzene rings is 1. The second-order valence-electron chi connectivity index (χ2n) is 7.28. The van der Waals surface area contributed by atoms with Crippen LogP contribution in [0.3, 0.4) is 0 Å².